The highest BCUT2D eigenvalue weighted by Gasteiger charge is 2.57. The van der Waals surface area contributed by atoms with E-state index in [-0.39, 0.29) is 24.8 Å². The molecule has 43 heavy (non-hydrogen) atoms. The molecule has 228 valence electrons. The van der Waals surface area contributed by atoms with Gasteiger partial charge in [0.1, 0.15) is 6.04 Å². The van der Waals surface area contributed by atoms with E-state index in [1.54, 1.807) is 50.3 Å². The van der Waals surface area contributed by atoms with E-state index < -0.39 is 23.3 Å². The number of rotatable bonds is 10. The lowest BCUT2D eigenvalue weighted by molar-refractivity contribution is -0.161. The van der Waals surface area contributed by atoms with Crippen LogP contribution in [0.3, 0.4) is 0 Å². The quantitative estimate of drug-likeness (QED) is 0.290. The second kappa shape index (κ2) is 11.7. The van der Waals surface area contributed by atoms with Crippen LogP contribution in [0.2, 0.25) is 0 Å². The maximum Gasteiger partial charge on any atom is 0.338 e. The lowest BCUT2D eigenvalue weighted by Gasteiger charge is -2.57. The standard InChI is InChI=1S/C34H40N2O7/c1-4-43-32(39)25-6-8-26(9-7-25)36-30(37)17-27(31(36)38)35(12-11-21-5-10-28(41-2)29(16-21)42-3)33(40)34-18-22-13-23(19-34)15-24(14-22)20-34/h5-10,16,22-24,27H,4,11-15,17-20H2,1-3H3. The highest BCUT2D eigenvalue weighted by atomic mass is 16.5. The van der Waals surface area contributed by atoms with Crippen molar-refractivity contribution >= 4 is 29.4 Å². The lowest BCUT2D eigenvalue weighted by Crippen LogP contribution is -2.58. The molecule has 9 nitrogen and oxygen atoms in total. The Morgan fingerprint density at radius 3 is 2.12 bits per heavy atom. The molecule has 1 heterocycles. The van der Waals surface area contributed by atoms with Crippen LogP contribution in [0.1, 0.15) is 67.8 Å². The first-order chi connectivity index (χ1) is 20.7. The van der Waals surface area contributed by atoms with Crippen molar-refractivity contribution in [2.45, 2.75) is 64.3 Å². The number of carbonyl (C=O) groups excluding carboxylic acids is 4. The van der Waals surface area contributed by atoms with Crippen molar-refractivity contribution in [3.8, 4) is 11.5 Å². The van der Waals surface area contributed by atoms with Gasteiger partial charge in [0.05, 0.1) is 43.9 Å². The van der Waals surface area contributed by atoms with E-state index in [1.807, 2.05) is 18.2 Å². The maximum absolute atomic E-state index is 14.7. The summed E-state index contributed by atoms with van der Waals surface area (Å²) in [5.74, 6) is 1.73. The van der Waals surface area contributed by atoms with Crippen LogP contribution < -0.4 is 14.4 Å². The predicted molar refractivity (Wildman–Crippen MR) is 159 cm³/mol. The number of ether oxygens (including phenoxy) is 3. The number of esters is 1. The summed E-state index contributed by atoms with van der Waals surface area (Å²) >= 11 is 0. The lowest BCUT2D eigenvalue weighted by atomic mass is 9.49. The second-order valence-electron chi connectivity index (χ2n) is 12.7. The van der Waals surface area contributed by atoms with Gasteiger partial charge in [-0.1, -0.05) is 6.07 Å². The second-order valence-corrected chi connectivity index (χ2v) is 12.7. The van der Waals surface area contributed by atoms with Crippen molar-refractivity contribution in [1.82, 2.24) is 4.90 Å². The van der Waals surface area contributed by atoms with Gasteiger partial charge in [-0.3, -0.25) is 14.4 Å². The third-order valence-electron chi connectivity index (χ3n) is 9.98. The Hall–Kier alpha value is -3.88. The summed E-state index contributed by atoms with van der Waals surface area (Å²) in [6.45, 7) is 2.30. The highest BCUT2D eigenvalue weighted by Crippen LogP contribution is 2.60. The third kappa shape index (κ3) is 5.38. The Kier molecular flexibility index (Phi) is 7.92. The SMILES string of the molecule is CCOC(=O)c1ccc(N2C(=O)CC(N(CCc3ccc(OC)c(OC)c3)C(=O)C34CC5CC(CC(C5)C3)C4)C2=O)cc1. The molecular weight excluding hydrogens is 548 g/mol. The van der Waals surface area contributed by atoms with Gasteiger partial charge in [-0.05, 0) is 112 Å². The number of benzene rings is 2. The van der Waals surface area contributed by atoms with Crippen LogP contribution >= 0.6 is 0 Å². The summed E-state index contributed by atoms with van der Waals surface area (Å²) in [6, 6.07) is 11.1. The Morgan fingerprint density at radius 2 is 1.53 bits per heavy atom. The Labute approximate surface area is 252 Å². The van der Waals surface area contributed by atoms with Crippen molar-refractivity contribution in [3.63, 3.8) is 0 Å². The van der Waals surface area contributed by atoms with Crippen molar-refractivity contribution in [2.24, 2.45) is 23.2 Å². The molecule has 4 saturated carbocycles. The Bertz CT molecular complexity index is 1380. The molecule has 1 saturated heterocycles. The van der Waals surface area contributed by atoms with E-state index in [9.17, 15) is 19.2 Å². The van der Waals surface area contributed by atoms with Crippen LogP contribution in [0.5, 0.6) is 11.5 Å². The van der Waals surface area contributed by atoms with Gasteiger partial charge < -0.3 is 19.1 Å². The van der Waals surface area contributed by atoms with Crippen molar-refractivity contribution in [1.29, 1.82) is 0 Å². The van der Waals surface area contributed by atoms with E-state index in [2.05, 4.69) is 0 Å². The van der Waals surface area contributed by atoms with Gasteiger partial charge in [-0.25, -0.2) is 9.69 Å². The molecule has 1 atom stereocenters. The molecule has 9 heteroatoms. The van der Waals surface area contributed by atoms with E-state index in [0.717, 1.165) is 29.7 Å². The smallest absolute Gasteiger partial charge is 0.338 e. The molecule has 2 aromatic rings. The average molecular weight is 589 g/mol. The van der Waals surface area contributed by atoms with Crippen LogP contribution in [0.25, 0.3) is 0 Å². The van der Waals surface area contributed by atoms with Gasteiger partial charge in [0.2, 0.25) is 11.8 Å². The molecular formula is C34H40N2O7. The van der Waals surface area contributed by atoms with Gasteiger partial charge in [0.15, 0.2) is 11.5 Å². The van der Waals surface area contributed by atoms with E-state index in [0.29, 0.717) is 53.5 Å². The molecule has 1 unspecified atom stereocenters. The van der Waals surface area contributed by atoms with Gasteiger partial charge in [0, 0.05) is 6.54 Å². The number of anilines is 1. The number of methoxy groups -OCH3 is 2. The summed E-state index contributed by atoms with van der Waals surface area (Å²) in [5, 5.41) is 0. The number of nitrogens with zero attached hydrogens (tertiary/aromatic N) is 2. The molecule has 5 fully saturated rings. The molecule has 3 amide bonds. The molecule has 7 rings (SSSR count). The van der Waals surface area contributed by atoms with Crippen LogP contribution in [0.4, 0.5) is 5.69 Å². The van der Waals surface area contributed by atoms with Gasteiger partial charge >= 0.3 is 5.97 Å². The molecule has 4 bridgehead atoms. The highest BCUT2D eigenvalue weighted by molar-refractivity contribution is 6.23. The minimum atomic E-state index is -0.877. The number of imide groups is 1. The molecule has 0 N–H and O–H groups in total. The summed E-state index contributed by atoms with van der Waals surface area (Å²) in [5.41, 5.74) is 1.22. The molecule has 1 aliphatic heterocycles. The van der Waals surface area contributed by atoms with Gasteiger partial charge in [-0.15, -0.1) is 0 Å². The Morgan fingerprint density at radius 1 is 0.907 bits per heavy atom. The molecule has 0 spiro atoms. The molecule has 5 aliphatic rings. The maximum atomic E-state index is 14.7. The number of amides is 3. The molecule has 0 aromatic heterocycles. The predicted octanol–water partition coefficient (Wildman–Crippen LogP) is 4.80. The number of hydrogen-bond donors (Lipinski definition) is 0. The summed E-state index contributed by atoms with van der Waals surface area (Å²) < 4.78 is 15.9. The molecule has 2 aromatic carbocycles. The van der Waals surface area contributed by atoms with Gasteiger partial charge in [-0.2, -0.15) is 0 Å². The first kappa shape index (κ1) is 29.2. The van der Waals surface area contributed by atoms with E-state index >= 15 is 0 Å². The van der Waals surface area contributed by atoms with E-state index in [4.69, 9.17) is 14.2 Å². The topological polar surface area (TPSA) is 102 Å². The van der Waals surface area contributed by atoms with E-state index in [1.165, 1.54) is 19.3 Å². The normalized spacial score (nSPS) is 27.4. The summed E-state index contributed by atoms with van der Waals surface area (Å²) in [4.78, 5) is 57.0. The fraction of sp³-hybridized carbons (Fsp3) is 0.529. The van der Waals surface area contributed by atoms with Crippen LogP contribution in [0, 0.1) is 23.2 Å². The van der Waals surface area contributed by atoms with Crippen LogP contribution in [-0.4, -0.2) is 62.0 Å². The first-order valence-corrected chi connectivity index (χ1v) is 15.4. The zero-order valence-electron chi connectivity index (χ0n) is 25.2. The average Bonchev–Trinajstić information content (AvgIpc) is 3.29. The Balaban J connectivity index is 1.28. The number of carbonyl (C=O) groups is 4. The zero-order chi connectivity index (χ0) is 30.3. The number of hydrogen-bond acceptors (Lipinski definition) is 7. The summed E-state index contributed by atoms with van der Waals surface area (Å²) in [7, 11) is 3.17. The minimum absolute atomic E-state index is 0.0257. The minimum Gasteiger partial charge on any atom is -0.493 e. The molecule has 0 radical (unpaired) electrons. The van der Waals surface area contributed by atoms with Crippen LogP contribution in [-0.2, 0) is 25.5 Å². The third-order valence-corrected chi connectivity index (χ3v) is 9.98. The van der Waals surface area contributed by atoms with Crippen molar-refractivity contribution < 1.29 is 33.4 Å². The monoisotopic (exact) mass is 588 g/mol. The first-order valence-electron chi connectivity index (χ1n) is 15.4. The zero-order valence-corrected chi connectivity index (χ0v) is 25.2. The fourth-order valence-electron chi connectivity index (χ4n) is 8.45. The largest absolute Gasteiger partial charge is 0.493 e. The fourth-order valence-corrected chi connectivity index (χ4v) is 8.45. The van der Waals surface area contributed by atoms with Crippen LogP contribution in [0.15, 0.2) is 42.5 Å². The van der Waals surface area contributed by atoms with Crippen molar-refractivity contribution in [2.75, 3.05) is 32.3 Å². The molecule has 4 aliphatic carbocycles. The van der Waals surface area contributed by atoms with Gasteiger partial charge in [0.25, 0.3) is 5.91 Å². The van der Waals surface area contributed by atoms with Crippen molar-refractivity contribution in [3.05, 3.63) is 53.6 Å². The summed E-state index contributed by atoms with van der Waals surface area (Å²) in [6.07, 6.45) is 6.67.